The van der Waals surface area contributed by atoms with Crippen LogP contribution in [-0.2, 0) is 16.1 Å². The van der Waals surface area contributed by atoms with Crippen LogP contribution in [0.5, 0.6) is 0 Å². The third-order valence-corrected chi connectivity index (χ3v) is 1.86. The second-order valence-electron chi connectivity index (χ2n) is 3.41. The number of esters is 1. The Morgan fingerprint density at radius 1 is 1.47 bits per heavy atom. The molecule has 1 aromatic heterocycles. The maximum atomic E-state index is 11.8. The van der Waals surface area contributed by atoms with Crippen molar-refractivity contribution >= 4 is 11.8 Å². The largest absolute Gasteiger partial charge is 0.462 e. The molecule has 1 rings (SSSR count). The van der Waals surface area contributed by atoms with Crippen molar-refractivity contribution in [3.05, 3.63) is 17.6 Å². The molecule has 0 fully saturated rings. The number of ether oxygens (including phenoxy) is 2. The van der Waals surface area contributed by atoms with Crippen molar-refractivity contribution in [1.82, 2.24) is 9.97 Å². The normalized spacial score (nSPS) is 11.4. The van der Waals surface area contributed by atoms with Crippen LogP contribution < -0.4 is 5.73 Å². The topological polar surface area (TPSA) is 87.3 Å². The van der Waals surface area contributed by atoms with Gasteiger partial charge in [0.25, 0.3) is 0 Å². The van der Waals surface area contributed by atoms with Crippen molar-refractivity contribution in [2.45, 2.75) is 19.7 Å². The molecule has 0 aliphatic carbocycles. The van der Waals surface area contributed by atoms with Crippen LogP contribution in [0.4, 0.5) is 19.0 Å². The van der Waals surface area contributed by atoms with Gasteiger partial charge in [-0.05, 0) is 6.92 Å². The molecule has 0 aliphatic heterocycles. The minimum atomic E-state index is -4.42. The maximum Gasteiger partial charge on any atom is 0.411 e. The first-order valence-corrected chi connectivity index (χ1v) is 5.26. The number of nitrogen functional groups attached to an aromatic ring is 1. The highest BCUT2D eigenvalue weighted by Crippen LogP contribution is 2.15. The Morgan fingerprint density at radius 3 is 2.68 bits per heavy atom. The average molecular weight is 279 g/mol. The second-order valence-corrected chi connectivity index (χ2v) is 3.41. The first kappa shape index (κ1) is 15.2. The van der Waals surface area contributed by atoms with Gasteiger partial charge < -0.3 is 15.2 Å². The van der Waals surface area contributed by atoms with E-state index in [4.69, 9.17) is 10.5 Å². The first-order valence-electron chi connectivity index (χ1n) is 5.26. The molecule has 0 radical (unpaired) electrons. The number of nitrogens with two attached hydrogens (primary N) is 1. The Morgan fingerprint density at radius 2 is 2.16 bits per heavy atom. The molecule has 1 heterocycles. The zero-order chi connectivity index (χ0) is 14.5. The lowest BCUT2D eigenvalue weighted by atomic mass is 10.3. The summed E-state index contributed by atoms with van der Waals surface area (Å²) in [5.74, 6) is -0.906. The van der Waals surface area contributed by atoms with Gasteiger partial charge in [-0.3, -0.25) is 0 Å². The molecule has 0 amide bonds. The van der Waals surface area contributed by atoms with Gasteiger partial charge in [-0.15, -0.1) is 0 Å². The Labute approximate surface area is 106 Å². The number of aromatic nitrogens is 2. The van der Waals surface area contributed by atoms with E-state index in [-0.39, 0.29) is 23.8 Å². The van der Waals surface area contributed by atoms with Crippen molar-refractivity contribution in [3.8, 4) is 0 Å². The third kappa shape index (κ3) is 5.08. The monoisotopic (exact) mass is 279 g/mol. The van der Waals surface area contributed by atoms with Gasteiger partial charge in [0.05, 0.1) is 6.61 Å². The van der Waals surface area contributed by atoms with Crippen LogP contribution in [0.3, 0.4) is 0 Å². The van der Waals surface area contributed by atoms with Crippen LogP contribution in [-0.4, -0.2) is 35.3 Å². The van der Waals surface area contributed by atoms with E-state index in [0.717, 1.165) is 6.20 Å². The van der Waals surface area contributed by atoms with E-state index in [0.29, 0.717) is 0 Å². The van der Waals surface area contributed by atoms with Crippen LogP contribution in [0.1, 0.15) is 23.1 Å². The highest BCUT2D eigenvalue weighted by atomic mass is 19.4. The molecule has 2 N–H and O–H groups in total. The number of alkyl halides is 3. The Balaban J connectivity index is 2.64. The Bertz CT molecular complexity index is 451. The van der Waals surface area contributed by atoms with E-state index < -0.39 is 25.4 Å². The minimum absolute atomic E-state index is 0.0404. The zero-order valence-corrected chi connectivity index (χ0v) is 10.0. The van der Waals surface area contributed by atoms with Crippen LogP contribution >= 0.6 is 0 Å². The number of nitrogens with zero attached hydrogens (tertiary/aromatic N) is 2. The fraction of sp³-hybridized carbons (Fsp3) is 0.500. The molecule has 19 heavy (non-hydrogen) atoms. The van der Waals surface area contributed by atoms with Gasteiger partial charge in [0.2, 0.25) is 0 Å². The van der Waals surface area contributed by atoms with Crippen molar-refractivity contribution in [1.29, 1.82) is 0 Å². The third-order valence-electron chi connectivity index (χ3n) is 1.86. The summed E-state index contributed by atoms with van der Waals surface area (Å²) in [6, 6.07) is 0. The number of carbonyl (C=O) groups excluding carboxylic acids is 1. The van der Waals surface area contributed by atoms with Crippen LogP contribution in [0.2, 0.25) is 0 Å². The number of hydrogen-bond acceptors (Lipinski definition) is 6. The SMILES string of the molecule is CCOC(=O)c1cnc(COCC(F)(F)F)nc1N. The van der Waals surface area contributed by atoms with Crippen molar-refractivity contribution in [2.75, 3.05) is 18.9 Å². The fourth-order valence-electron chi connectivity index (χ4n) is 1.13. The molecule has 1 aromatic rings. The molecular formula is C10H12F3N3O3. The lowest BCUT2D eigenvalue weighted by Crippen LogP contribution is -2.18. The minimum Gasteiger partial charge on any atom is -0.462 e. The molecule has 6 nitrogen and oxygen atoms in total. The van der Waals surface area contributed by atoms with Gasteiger partial charge >= 0.3 is 12.1 Å². The number of anilines is 1. The van der Waals surface area contributed by atoms with E-state index in [9.17, 15) is 18.0 Å². The number of hydrogen-bond donors (Lipinski definition) is 1. The molecular weight excluding hydrogens is 267 g/mol. The molecule has 106 valence electrons. The summed E-state index contributed by atoms with van der Waals surface area (Å²) in [5.41, 5.74) is 5.44. The van der Waals surface area contributed by atoms with Gasteiger partial charge in [0.15, 0.2) is 5.82 Å². The van der Waals surface area contributed by atoms with Crippen molar-refractivity contribution in [2.24, 2.45) is 0 Å². The fourth-order valence-corrected chi connectivity index (χ4v) is 1.13. The van der Waals surface area contributed by atoms with Gasteiger partial charge in [0, 0.05) is 6.20 Å². The van der Waals surface area contributed by atoms with E-state index in [1.807, 2.05) is 0 Å². The number of rotatable bonds is 5. The molecule has 0 spiro atoms. The van der Waals surface area contributed by atoms with E-state index in [1.54, 1.807) is 6.92 Å². The van der Waals surface area contributed by atoms with Gasteiger partial charge in [0.1, 0.15) is 24.6 Å². The molecule has 0 aromatic carbocycles. The van der Waals surface area contributed by atoms with Crippen LogP contribution in [0, 0.1) is 0 Å². The molecule has 0 aliphatic rings. The standard InChI is InChI=1S/C10H12F3N3O3/c1-2-19-9(17)6-3-15-7(16-8(6)14)4-18-5-10(11,12)13/h3H,2,4-5H2,1H3,(H2,14,15,16). The lowest BCUT2D eigenvalue weighted by Gasteiger charge is -2.08. The summed E-state index contributed by atoms with van der Waals surface area (Å²) in [6.07, 6.45) is -3.33. The highest BCUT2D eigenvalue weighted by Gasteiger charge is 2.27. The second kappa shape index (κ2) is 6.32. The van der Waals surface area contributed by atoms with E-state index >= 15 is 0 Å². The molecule has 0 bridgehead atoms. The Hall–Kier alpha value is -1.90. The molecule has 0 unspecified atom stereocenters. The van der Waals surface area contributed by atoms with Crippen LogP contribution in [0.25, 0.3) is 0 Å². The summed E-state index contributed by atoms with van der Waals surface area (Å²) in [7, 11) is 0. The van der Waals surface area contributed by atoms with Gasteiger partial charge in [-0.2, -0.15) is 13.2 Å². The summed E-state index contributed by atoms with van der Waals surface area (Å²) < 4.78 is 44.6. The summed E-state index contributed by atoms with van der Waals surface area (Å²) in [4.78, 5) is 18.7. The van der Waals surface area contributed by atoms with Gasteiger partial charge in [-0.25, -0.2) is 14.8 Å². The summed E-state index contributed by atoms with van der Waals surface area (Å²) >= 11 is 0. The number of carbonyl (C=O) groups is 1. The predicted octanol–water partition coefficient (Wildman–Crippen LogP) is 1.31. The lowest BCUT2D eigenvalue weighted by molar-refractivity contribution is -0.177. The molecule has 0 atom stereocenters. The Kier molecular flexibility index (Phi) is 5.04. The van der Waals surface area contributed by atoms with Crippen molar-refractivity contribution in [3.63, 3.8) is 0 Å². The predicted molar refractivity (Wildman–Crippen MR) is 58.1 cm³/mol. The summed E-state index contributed by atoms with van der Waals surface area (Å²) in [5, 5.41) is 0. The zero-order valence-electron chi connectivity index (χ0n) is 10.0. The number of halogens is 3. The maximum absolute atomic E-state index is 11.8. The quantitative estimate of drug-likeness (QED) is 0.818. The van der Waals surface area contributed by atoms with Gasteiger partial charge in [-0.1, -0.05) is 0 Å². The van der Waals surface area contributed by atoms with E-state index in [2.05, 4.69) is 14.7 Å². The highest BCUT2D eigenvalue weighted by molar-refractivity contribution is 5.93. The van der Waals surface area contributed by atoms with Crippen LogP contribution in [0.15, 0.2) is 6.20 Å². The first-order chi connectivity index (χ1) is 8.83. The average Bonchev–Trinajstić information content (AvgIpc) is 2.27. The summed E-state index contributed by atoms with van der Waals surface area (Å²) in [6.45, 7) is -0.0777. The smallest absolute Gasteiger partial charge is 0.411 e. The van der Waals surface area contributed by atoms with E-state index in [1.165, 1.54) is 0 Å². The molecule has 0 saturated carbocycles. The molecule has 0 saturated heterocycles. The molecule has 9 heteroatoms. The van der Waals surface area contributed by atoms with Crippen molar-refractivity contribution < 1.29 is 27.4 Å².